The monoisotopic (exact) mass is 228 g/mol. The summed E-state index contributed by atoms with van der Waals surface area (Å²) in [6.45, 7) is 0. The molecule has 0 spiro atoms. The van der Waals surface area contributed by atoms with Crippen molar-refractivity contribution in [3.8, 4) is 29.0 Å². The SMILES string of the molecule is Oc1nc2cnnc-2c(O)n1-c1ccccc1. The predicted octanol–water partition coefficient (Wildman–Crippen LogP) is 1.18. The molecule has 0 aromatic heterocycles. The van der Waals surface area contributed by atoms with Crippen LogP contribution >= 0.6 is 0 Å². The largest absolute Gasteiger partial charge is 0.492 e. The number of fused-ring (bicyclic) bond motifs is 1. The Morgan fingerprint density at radius 3 is 2.59 bits per heavy atom. The van der Waals surface area contributed by atoms with Crippen molar-refractivity contribution in [2.75, 3.05) is 0 Å². The number of hydrogen-bond acceptors (Lipinski definition) is 5. The fraction of sp³-hybridized carbons (Fsp3) is 0. The van der Waals surface area contributed by atoms with Crippen molar-refractivity contribution in [3.05, 3.63) is 36.5 Å². The van der Waals surface area contributed by atoms with Gasteiger partial charge in [0.25, 0.3) is 0 Å². The Labute approximate surface area is 96.2 Å². The van der Waals surface area contributed by atoms with Gasteiger partial charge in [-0.15, -0.1) is 5.10 Å². The van der Waals surface area contributed by atoms with E-state index in [4.69, 9.17) is 0 Å². The Morgan fingerprint density at radius 2 is 1.82 bits per heavy atom. The minimum atomic E-state index is -0.309. The minimum absolute atomic E-state index is 0.184. The van der Waals surface area contributed by atoms with Gasteiger partial charge in [0, 0.05) is 0 Å². The van der Waals surface area contributed by atoms with Gasteiger partial charge in [0.1, 0.15) is 5.69 Å². The van der Waals surface area contributed by atoms with E-state index >= 15 is 0 Å². The van der Waals surface area contributed by atoms with Gasteiger partial charge in [-0.05, 0) is 12.1 Å². The van der Waals surface area contributed by atoms with Crippen molar-refractivity contribution < 1.29 is 10.2 Å². The summed E-state index contributed by atoms with van der Waals surface area (Å²) in [4.78, 5) is 3.91. The van der Waals surface area contributed by atoms with E-state index in [1.807, 2.05) is 6.07 Å². The Bertz CT molecular complexity index is 636. The first kappa shape index (κ1) is 9.59. The second-order valence-electron chi connectivity index (χ2n) is 3.48. The van der Waals surface area contributed by atoms with Crippen molar-refractivity contribution in [3.63, 3.8) is 0 Å². The van der Waals surface area contributed by atoms with Gasteiger partial charge in [-0.25, -0.2) is 4.57 Å². The van der Waals surface area contributed by atoms with Crippen LogP contribution in [0.15, 0.2) is 36.5 Å². The smallest absolute Gasteiger partial charge is 0.302 e. The summed E-state index contributed by atoms with van der Waals surface area (Å²) in [7, 11) is 0. The summed E-state index contributed by atoms with van der Waals surface area (Å²) >= 11 is 0. The summed E-state index contributed by atoms with van der Waals surface area (Å²) in [5.74, 6) is -0.184. The molecule has 6 nitrogen and oxygen atoms in total. The number of rotatable bonds is 1. The topological polar surface area (TPSA) is 84.1 Å². The van der Waals surface area contributed by atoms with Crippen LogP contribution in [0.1, 0.15) is 0 Å². The molecular weight excluding hydrogens is 220 g/mol. The van der Waals surface area contributed by atoms with Crippen LogP contribution in [0.5, 0.6) is 11.9 Å². The number of para-hydroxylation sites is 1. The molecule has 0 saturated heterocycles. The second kappa shape index (κ2) is 3.44. The van der Waals surface area contributed by atoms with Gasteiger partial charge in [-0.1, -0.05) is 18.2 Å². The fourth-order valence-corrected chi connectivity index (χ4v) is 1.67. The highest BCUT2D eigenvalue weighted by Gasteiger charge is 2.20. The first-order valence-corrected chi connectivity index (χ1v) is 4.95. The average Bonchev–Trinajstić information content (AvgIpc) is 2.78. The molecule has 2 aliphatic rings. The van der Waals surface area contributed by atoms with E-state index < -0.39 is 0 Å². The van der Waals surface area contributed by atoms with Crippen LogP contribution in [-0.4, -0.2) is 30.0 Å². The molecule has 84 valence electrons. The van der Waals surface area contributed by atoms with Crippen LogP contribution in [0.3, 0.4) is 0 Å². The van der Waals surface area contributed by atoms with Crippen LogP contribution < -0.4 is 0 Å². The Morgan fingerprint density at radius 1 is 1.06 bits per heavy atom. The zero-order valence-corrected chi connectivity index (χ0v) is 8.65. The minimum Gasteiger partial charge on any atom is -0.492 e. The van der Waals surface area contributed by atoms with Crippen molar-refractivity contribution >= 4 is 0 Å². The first-order chi connectivity index (χ1) is 8.27. The van der Waals surface area contributed by atoms with Crippen LogP contribution in [0.2, 0.25) is 0 Å². The lowest BCUT2D eigenvalue weighted by Gasteiger charge is -2.12. The highest BCUT2D eigenvalue weighted by molar-refractivity contribution is 5.63. The van der Waals surface area contributed by atoms with Crippen LogP contribution in [0, 0.1) is 0 Å². The maximum absolute atomic E-state index is 10.0. The summed E-state index contributed by atoms with van der Waals surface area (Å²) in [6, 6.07) is 8.60. The normalized spacial score (nSPS) is 10.8. The highest BCUT2D eigenvalue weighted by atomic mass is 16.3. The standard InChI is InChI=1S/C11H8N4O2/c16-10-9-8(6-12-14-9)13-11(17)15(10)7-4-2-1-3-5-7/h1-6,16H,(H,13,17). The van der Waals surface area contributed by atoms with E-state index in [0.717, 1.165) is 0 Å². The van der Waals surface area contributed by atoms with E-state index in [1.165, 1.54) is 10.8 Å². The quantitative estimate of drug-likeness (QED) is 0.653. The molecule has 1 aromatic carbocycles. The summed E-state index contributed by atoms with van der Waals surface area (Å²) < 4.78 is 1.21. The third kappa shape index (κ3) is 1.38. The Balaban J connectivity index is 2.34. The lowest BCUT2D eigenvalue weighted by atomic mass is 10.3. The Kier molecular flexibility index (Phi) is 1.94. The molecule has 0 atom stereocenters. The molecule has 3 rings (SSSR count). The lowest BCUT2D eigenvalue weighted by Crippen LogP contribution is -2.02. The molecule has 1 aromatic rings. The third-order valence-corrected chi connectivity index (χ3v) is 2.44. The molecule has 0 aliphatic carbocycles. The molecular formula is C11H8N4O2. The van der Waals surface area contributed by atoms with Crippen molar-refractivity contribution in [1.29, 1.82) is 0 Å². The van der Waals surface area contributed by atoms with Crippen molar-refractivity contribution in [2.24, 2.45) is 0 Å². The van der Waals surface area contributed by atoms with Gasteiger partial charge in [0.2, 0.25) is 5.88 Å². The number of nitrogens with zero attached hydrogens (tertiary/aromatic N) is 4. The molecule has 0 saturated carbocycles. The number of benzene rings is 1. The second-order valence-corrected chi connectivity index (χ2v) is 3.48. The lowest BCUT2D eigenvalue weighted by molar-refractivity contribution is 0.375. The summed E-state index contributed by atoms with van der Waals surface area (Å²) in [6.07, 6.45) is 1.38. The van der Waals surface area contributed by atoms with Crippen LogP contribution in [-0.2, 0) is 0 Å². The van der Waals surface area contributed by atoms with E-state index in [9.17, 15) is 10.2 Å². The zero-order chi connectivity index (χ0) is 11.8. The summed E-state index contributed by atoms with van der Waals surface area (Å²) in [5, 5.41) is 27.2. The molecule has 0 radical (unpaired) electrons. The molecule has 0 amide bonds. The summed E-state index contributed by atoms with van der Waals surface area (Å²) in [5.41, 5.74) is 1.21. The van der Waals surface area contributed by atoms with E-state index in [-0.39, 0.29) is 17.6 Å². The van der Waals surface area contributed by atoms with Crippen LogP contribution in [0.25, 0.3) is 17.1 Å². The number of hydrogen-bond donors (Lipinski definition) is 2. The molecule has 0 bridgehead atoms. The molecule has 2 aliphatic heterocycles. The number of aromatic nitrogens is 4. The third-order valence-electron chi connectivity index (χ3n) is 2.44. The van der Waals surface area contributed by atoms with Gasteiger partial charge in [-0.3, -0.25) is 0 Å². The van der Waals surface area contributed by atoms with Crippen LogP contribution in [0.4, 0.5) is 0 Å². The molecule has 0 fully saturated rings. The molecule has 17 heavy (non-hydrogen) atoms. The first-order valence-electron chi connectivity index (χ1n) is 4.95. The molecule has 0 unspecified atom stereocenters. The van der Waals surface area contributed by atoms with E-state index in [0.29, 0.717) is 11.4 Å². The predicted molar refractivity (Wildman–Crippen MR) is 59.1 cm³/mol. The number of aromatic hydroxyl groups is 2. The zero-order valence-electron chi connectivity index (χ0n) is 8.65. The van der Waals surface area contributed by atoms with Gasteiger partial charge in [0.05, 0.1) is 11.9 Å². The van der Waals surface area contributed by atoms with Crippen molar-refractivity contribution in [1.82, 2.24) is 19.7 Å². The molecule has 6 heteroatoms. The maximum Gasteiger partial charge on any atom is 0.302 e. The van der Waals surface area contributed by atoms with Crippen molar-refractivity contribution in [2.45, 2.75) is 0 Å². The highest BCUT2D eigenvalue weighted by Crippen LogP contribution is 2.32. The molecule has 2 heterocycles. The van der Waals surface area contributed by atoms with Gasteiger partial charge >= 0.3 is 6.01 Å². The maximum atomic E-state index is 10.0. The van der Waals surface area contributed by atoms with Gasteiger partial charge < -0.3 is 10.2 Å². The molecule has 2 N–H and O–H groups in total. The van der Waals surface area contributed by atoms with E-state index in [2.05, 4.69) is 15.2 Å². The average molecular weight is 228 g/mol. The fourth-order valence-electron chi connectivity index (χ4n) is 1.67. The van der Waals surface area contributed by atoms with E-state index in [1.54, 1.807) is 24.3 Å². The van der Waals surface area contributed by atoms with Gasteiger partial charge in [-0.2, -0.15) is 10.1 Å². The van der Waals surface area contributed by atoms with Gasteiger partial charge in [0.15, 0.2) is 5.69 Å². The Hall–Kier alpha value is -2.63.